The Labute approximate surface area is 150 Å². The van der Waals surface area contributed by atoms with Crippen molar-refractivity contribution in [1.29, 1.82) is 0 Å². The van der Waals surface area contributed by atoms with Gasteiger partial charge in [-0.1, -0.05) is 13.8 Å². The molecule has 1 saturated carbocycles. The first kappa shape index (κ1) is 18.4. The standard InChI is InChI=1S/C19H32N4O2/c1-14(2)18-19(12-23(18)15(3)24)10-16(17(25)11-19)21(4)7-5-8-22-9-6-20-13-22/h6,9,13-14,16-18,25H,5,7-8,10-12H2,1-4H3/t16-,17-,18?,19?/m1/s1. The van der Waals surface area contributed by atoms with Gasteiger partial charge in [0, 0.05) is 49.9 Å². The molecule has 6 nitrogen and oxygen atoms in total. The number of likely N-dealkylation sites (tertiary alicyclic amines) is 1. The molecule has 2 heterocycles. The van der Waals surface area contributed by atoms with Crippen LogP contribution in [0.25, 0.3) is 0 Å². The maximum atomic E-state index is 11.9. The highest BCUT2D eigenvalue weighted by atomic mass is 16.3. The predicted molar refractivity (Wildman–Crippen MR) is 96.9 cm³/mol. The van der Waals surface area contributed by atoms with Crippen molar-refractivity contribution in [3.63, 3.8) is 0 Å². The number of aliphatic hydroxyl groups is 1. The van der Waals surface area contributed by atoms with Gasteiger partial charge in [-0.05, 0) is 38.8 Å². The number of nitrogens with zero attached hydrogens (tertiary/aromatic N) is 4. The SMILES string of the molecule is CC(=O)N1CC2(C[C@@H](O)[C@H](N(C)CCCn3ccnc3)C2)C1C(C)C. The monoisotopic (exact) mass is 348 g/mol. The van der Waals surface area contributed by atoms with Crippen molar-refractivity contribution in [2.75, 3.05) is 20.1 Å². The van der Waals surface area contributed by atoms with Crippen molar-refractivity contribution in [3.8, 4) is 0 Å². The normalized spacial score (nSPS) is 32.0. The Hall–Kier alpha value is -1.40. The number of hydrogen-bond donors (Lipinski definition) is 1. The van der Waals surface area contributed by atoms with E-state index in [1.807, 2.05) is 17.4 Å². The second-order valence-corrected chi connectivity index (χ2v) is 8.38. The number of aliphatic hydroxyl groups excluding tert-OH is 1. The summed E-state index contributed by atoms with van der Waals surface area (Å²) in [6.07, 6.45) is 8.18. The van der Waals surface area contributed by atoms with Crippen LogP contribution in [0.15, 0.2) is 18.7 Å². The fourth-order valence-corrected chi connectivity index (χ4v) is 5.22. The van der Waals surface area contributed by atoms with E-state index in [1.54, 1.807) is 13.1 Å². The van der Waals surface area contributed by atoms with E-state index >= 15 is 0 Å². The number of aromatic nitrogens is 2. The smallest absolute Gasteiger partial charge is 0.219 e. The minimum atomic E-state index is -0.298. The Kier molecular flexibility index (Phi) is 5.21. The van der Waals surface area contributed by atoms with Crippen molar-refractivity contribution in [3.05, 3.63) is 18.7 Å². The van der Waals surface area contributed by atoms with Gasteiger partial charge in [0.2, 0.25) is 5.91 Å². The molecular formula is C19H32N4O2. The van der Waals surface area contributed by atoms with Crippen LogP contribution in [0.4, 0.5) is 0 Å². The van der Waals surface area contributed by atoms with E-state index in [-0.39, 0.29) is 29.5 Å². The topological polar surface area (TPSA) is 61.6 Å². The first-order valence-corrected chi connectivity index (χ1v) is 9.45. The molecular weight excluding hydrogens is 316 g/mol. The summed E-state index contributed by atoms with van der Waals surface area (Å²) in [6.45, 7) is 8.75. The summed E-state index contributed by atoms with van der Waals surface area (Å²) in [5.41, 5.74) is 0.0997. The first-order valence-electron chi connectivity index (χ1n) is 9.45. The molecule has 6 heteroatoms. The van der Waals surface area contributed by atoms with Gasteiger partial charge in [0.15, 0.2) is 0 Å². The molecule has 1 aliphatic heterocycles. The molecule has 25 heavy (non-hydrogen) atoms. The number of hydrogen-bond acceptors (Lipinski definition) is 4. The summed E-state index contributed by atoms with van der Waals surface area (Å²) >= 11 is 0. The van der Waals surface area contributed by atoms with Crippen molar-refractivity contribution >= 4 is 5.91 Å². The Balaban J connectivity index is 1.58. The van der Waals surface area contributed by atoms with Crippen LogP contribution in [0, 0.1) is 11.3 Å². The number of rotatable bonds is 6. The van der Waals surface area contributed by atoms with Gasteiger partial charge in [0.1, 0.15) is 0 Å². The molecule has 140 valence electrons. The maximum Gasteiger partial charge on any atom is 0.219 e. The highest BCUT2D eigenvalue weighted by Crippen LogP contribution is 2.53. The third-order valence-corrected chi connectivity index (χ3v) is 6.21. The third-order valence-electron chi connectivity index (χ3n) is 6.21. The van der Waals surface area contributed by atoms with Crippen molar-refractivity contribution in [2.24, 2.45) is 11.3 Å². The summed E-state index contributed by atoms with van der Waals surface area (Å²) in [5, 5.41) is 10.7. The molecule has 1 aliphatic carbocycles. The molecule has 2 unspecified atom stereocenters. The summed E-state index contributed by atoms with van der Waals surface area (Å²) in [7, 11) is 2.12. The van der Waals surface area contributed by atoms with Crippen LogP contribution in [0.5, 0.6) is 0 Å². The number of likely N-dealkylation sites (N-methyl/N-ethyl adjacent to an activating group) is 1. The van der Waals surface area contributed by atoms with Crippen LogP contribution in [0.2, 0.25) is 0 Å². The van der Waals surface area contributed by atoms with Gasteiger partial charge >= 0.3 is 0 Å². The zero-order chi connectivity index (χ0) is 18.2. The molecule has 2 fully saturated rings. The molecule has 3 rings (SSSR count). The van der Waals surface area contributed by atoms with E-state index in [9.17, 15) is 9.90 Å². The molecule has 2 aliphatic rings. The number of imidazole rings is 1. The maximum absolute atomic E-state index is 11.9. The fourth-order valence-electron chi connectivity index (χ4n) is 5.22. The zero-order valence-electron chi connectivity index (χ0n) is 15.9. The molecule has 4 atom stereocenters. The van der Waals surface area contributed by atoms with Crippen LogP contribution in [-0.2, 0) is 11.3 Å². The number of amides is 1. The Morgan fingerprint density at radius 2 is 2.20 bits per heavy atom. The highest BCUT2D eigenvalue weighted by Gasteiger charge is 2.60. The van der Waals surface area contributed by atoms with Crippen LogP contribution in [0.1, 0.15) is 40.0 Å². The molecule has 0 radical (unpaired) electrons. The molecule has 1 aromatic rings. The van der Waals surface area contributed by atoms with E-state index in [1.165, 1.54) is 0 Å². The average Bonchev–Trinajstić information content (AvgIpc) is 3.12. The minimum Gasteiger partial charge on any atom is -0.391 e. The second-order valence-electron chi connectivity index (χ2n) is 8.38. The molecule has 1 spiro atoms. The van der Waals surface area contributed by atoms with Crippen molar-refractivity contribution in [2.45, 2.75) is 64.8 Å². The second kappa shape index (κ2) is 7.08. The highest BCUT2D eigenvalue weighted by molar-refractivity contribution is 5.75. The number of carbonyl (C=O) groups is 1. The van der Waals surface area contributed by atoms with E-state index in [0.717, 1.165) is 38.9 Å². The lowest BCUT2D eigenvalue weighted by molar-refractivity contribution is -0.158. The molecule has 0 bridgehead atoms. The first-order chi connectivity index (χ1) is 11.8. The third kappa shape index (κ3) is 3.47. The molecule has 0 aromatic carbocycles. The van der Waals surface area contributed by atoms with Gasteiger partial charge in [-0.15, -0.1) is 0 Å². The molecule has 1 saturated heterocycles. The Morgan fingerprint density at radius 1 is 1.44 bits per heavy atom. The minimum absolute atomic E-state index is 0.0997. The molecule has 1 aromatic heterocycles. The quantitative estimate of drug-likeness (QED) is 0.848. The predicted octanol–water partition coefficient (Wildman–Crippen LogP) is 1.60. The average molecular weight is 348 g/mol. The Morgan fingerprint density at radius 3 is 2.80 bits per heavy atom. The lowest BCUT2D eigenvalue weighted by atomic mass is 9.65. The summed E-state index contributed by atoms with van der Waals surface area (Å²) in [6, 6.07) is 0.460. The molecule has 1 amide bonds. The van der Waals surface area contributed by atoms with E-state index in [2.05, 4.69) is 35.3 Å². The largest absolute Gasteiger partial charge is 0.391 e. The van der Waals surface area contributed by atoms with Crippen LogP contribution >= 0.6 is 0 Å². The zero-order valence-corrected chi connectivity index (χ0v) is 15.9. The lowest BCUT2D eigenvalue weighted by Gasteiger charge is -2.58. The van der Waals surface area contributed by atoms with Gasteiger partial charge in [-0.2, -0.15) is 0 Å². The van der Waals surface area contributed by atoms with Crippen molar-refractivity contribution < 1.29 is 9.90 Å². The summed E-state index contributed by atoms with van der Waals surface area (Å²) < 4.78 is 2.09. The Bertz CT molecular complexity index is 588. The van der Waals surface area contributed by atoms with E-state index in [0.29, 0.717) is 5.92 Å². The van der Waals surface area contributed by atoms with Gasteiger partial charge in [-0.3, -0.25) is 4.79 Å². The number of aryl methyl sites for hydroxylation is 1. The number of carbonyl (C=O) groups excluding carboxylic acids is 1. The van der Waals surface area contributed by atoms with Gasteiger partial charge in [-0.25, -0.2) is 4.98 Å². The van der Waals surface area contributed by atoms with Gasteiger partial charge in [0.25, 0.3) is 0 Å². The van der Waals surface area contributed by atoms with Gasteiger partial charge in [0.05, 0.1) is 12.4 Å². The summed E-state index contributed by atoms with van der Waals surface area (Å²) in [5.74, 6) is 0.589. The molecule has 1 N–H and O–H groups in total. The fraction of sp³-hybridized carbons (Fsp3) is 0.789. The van der Waals surface area contributed by atoms with E-state index in [4.69, 9.17) is 0 Å². The van der Waals surface area contributed by atoms with E-state index < -0.39 is 0 Å². The summed E-state index contributed by atoms with van der Waals surface area (Å²) in [4.78, 5) is 20.3. The van der Waals surface area contributed by atoms with Crippen LogP contribution in [0.3, 0.4) is 0 Å². The lowest BCUT2D eigenvalue weighted by Crippen LogP contribution is -2.67. The van der Waals surface area contributed by atoms with Crippen LogP contribution < -0.4 is 0 Å². The van der Waals surface area contributed by atoms with Crippen LogP contribution in [-0.4, -0.2) is 68.7 Å². The van der Waals surface area contributed by atoms with Crippen molar-refractivity contribution in [1.82, 2.24) is 19.4 Å². The van der Waals surface area contributed by atoms with Gasteiger partial charge < -0.3 is 19.5 Å².